The Bertz CT molecular complexity index is 238. The Balaban J connectivity index is 3.83. The van der Waals surface area contributed by atoms with Crippen molar-refractivity contribution in [3.05, 3.63) is 0 Å². The standard InChI is InChI=1S/C9H17F3N2OS/c1-8(2,3)6(13)7(15)14-4-5-16-9(10,11)12/h6H,4-5,13H2,1-3H3,(H,14,15)/t6-/m0/s1. The van der Waals surface area contributed by atoms with Gasteiger partial charge in [-0.05, 0) is 17.2 Å². The third-order valence-electron chi connectivity index (χ3n) is 1.88. The predicted octanol–water partition coefficient (Wildman–Crippen LogP) is 1.73. The molecule has 0 saturated heterocycles. The smallest absolute Gasteiger partial charge is 0.354 e. The number of nitrogens with one attached hydrogen (secondary N) is 1. The van der Waals surface area contributed by atoms with E-state index in [0.717, 1.165) is 0 Å². The number of carbonyl (C=O) groups is 1. The largest absolute Gasteiger partial charge is 0.441 e. The Morgan fingerprint density at radius 3 is 2.25 bits per heavy atom. The summed E-state index contributed by atoms with van der Waals surface area (Å²) in [6, 6.07) is -0.719. The quantitative estimate of drug-likeness (QED) is 0.755. The van der Waals surface area contributed by atoms with E-state index in [4.69, 9.17) is 5.73 Å². The van der Waals surface area contributed by atoms with E-state index in [1.807, 2.05) is 0 Å². The Morgan fingerprint density at radius 2 is 1.88 bits per heavy atom. The Kier molecular flexibility index (Phi) is 5.61. The molecule has 0 rings (SSSR count). The molecule has 0 aromatic rings. The van der Waals surface area contributed by atoms with Crippen LogP contribution in [0.4, 0.5) is 13.2 Å². The number of halogens is 3. The summed E-state index contributed by atoms with van der Waals surface area (Å²) in [6.45, 7) is 5.35. The van der Waals surface area contributed by atoms with Crippen LogP contribution in [0.15, 0.2) is 0 Å². The predicted molar refractivity (Wildman–Crippen MR) is 59.0 cm³/mol. The Morgan fingerprint density at radius 1 is 1.38 bits per heavy atom. The topological polar surface area (TPSA) is 55.1 Å². The molecular weight excluding hydrogens is 241 g/mol. The average molecular weight is 258 g/mol. The third kappa shape index (κ3) is 6.95. The molecule has 7 heteroatoms. The lowest BCUT2D eigenvalue weighted by Gasteiger charge is -2.25. The Labute approximate surface area is 97.3 Å². The molecule has 16 heavy (non-hydrogen) atoms. The van der Waals surface area contributed by atoms with E-state index in [-0.39, 0.29) is 24.1 Å². The summed E-state index contributed by atoms with van der Waals surface area (Å²) in [5.74, 6) is -0.623. The molecule has 96 valence electrons. The van der Waals surface area contributed by atoms with Gasteiger partial charge in [0.25, 0.3) is 0 Å². The molecule has 0 bridgehead atoms. The van der Waals surface area contributed by atoms with Crippen LogP contribution < -0.4 is 11.1 Å². The number of nitrogens with two attached hydrogens (primary N) is 1. The van der Waals surface area contributed by atoms with Crippen LogP contribution in [-0.2, 0) is 4.79 Å². The first-order valence-corrected chi connectivity index (χ1v) is 5.76. The molecule has 1 atom stereocenters. The van der Waals surface area contributed by atoms with Gasteiger partial charge in [-0.25, -0.2) is 0 Å². The third-order valence-corrected chi connectivity index (χ3v) is 2.62. The van der Waals surface area contributed by atoms with Gasteiger partial charge in [0.1, 0.15) is 0 Å². The molecule has 0 spiro atoms. The maximum absolute atomic E-state index is 11.8. The molecule has 0 fully saturated rings. The van der Waals surface area contributed by atoms with E-state index in [9.17, 15) is 18.0 Å². The van der Waals surface area contributed by atoms with Crippen molar-refractivity contribution in [2.24, 2.45) is 11.1 Å². The fraction of sp³-hybridized carbons (Fsp3) is 0.889. The van der Waals surface area contributed by atoms with Gasteiger partial charge in [-0.15, -0.1) is 0 Å². The van der Waals surface area contributed by atoms with Crippen molar-refractivity contribution in [1.29, 1.82) is 0 Å². The zero-order valence-corrected chi connectivity index (χ0v) is 10.3. The molecule has 0 aliphatic rings. The van der Waals surface area contributed by atoms with Gasteiger partial charge >= 0.3 is 5.51 Å². The first-order chi connectivity index (χ1) is 7.04. The van der Waals surface area contributed by atoms with E-state index in [2.05, 4.69) is 5.32 Å². The van der Waals surface area contributed by atoms with E-state index in [0.29, 0.717) is 0 Å². The lowest BCUT2D eigenvalue weighted by molar-refractivity contribution is -0.124. The van der Waals surface area contributed by atoms with Crippen LogP contribution in [-0.4, -0.2) is 29.8 Å². The number of hydrogen-bond donors (Lipinski definition) is 2. The highest BCUT2D eigenvalue weighted by Crippen LogP contribution is 2.29. The number of carbonyl (C=O) groups excluding carboxylic acids is 1. The zero-order chi connectivity index (χ0) is 13.0. The molecule has 1 amide bonds. The molecule has 3 N–H and O–H groups in total. The first-order valence-electron chi connectivity index (χ1n) is 4.78. The number of thioether (sulfide) groups is 1. The number of amides is 1. The van der Waals surface area contributed by atoms with Crippen molar-refractivity contribution in [3.8, 4) is 0 Å². The minimum atomic E-state index is -4.25. The highest BCUT2D eigenvalue weighted by Gasteiger charge is 2.29. The first kappa shape index (κ1) is 15.6. The number of hydrogen-bond acceptors (Lipinski definition) is 3. The normalized spacial score (nSPS) is 14.7. The van der Waals surface area contributed by atoms with Crippen LogP contribution in [0.5, 0.6) is 0 Å². The molecule has 0 radical (unpaired) electrons. The summed E-state index contributed by atoms with van der Waals surface area (Å²) in [7, 11) is 0. The molecule has 0 aliphatic heterocycles. The fourth-order valence-corrected chi connectivity index (χ4v) is 1.28. The summed E-state index contributed by atoms with van der Waals surface area (Å²) < 4.78 is 35.3. The molecule has 0 heterocycles. The minimum Gasteiger partial charge on any atom is -0.354 e. The Hall–Kier alpha value is -0.430. The van der Waals surface area contributed by atoms with Crippen molar-refractivity contribution in [3.63, 3.8) is 0 Å². The average Bonchev–Trinajstić information content (AvgIpc) is 2.07. The van der Waals surface area contributed by atoms with Gasteiger partial charge in [0.05, 0.1) is 6.04 Å². The lowest BCUT2D eigenvalue weighted by atomic mass is 9.87. The van der Waals surface area contributed by atoms with Gasteiger partial charge in [-0.3, -0.25) is 4.79 Å². The maximum atomic E-state index is 11.8. The summed E-state index contributed by atoms with van der Waals surface area (Å²) in [5.41, 5.74) is 0.967. The molecular formula is C9H17F3N2OS. The second-order valence-electron chi connectivity index (χ2n) is 4.43. The van der Waals surface area contributed by atoms with E-state index in [1.165, 1.54) is 0 Å². The summed E-state index contributed by atoms with van der Waals surface area (Å²) in [5, 5.41) is 2.38. The second kappa shape index (κ2) is 5.77. The van der Waals surface area contributed by atoms with E-state index < -0.39 is 22.9 Å². The number of rotatable bonds is 4. The molecule has 0 unspecified atom stereocenters. The van der Waals surface area contributed by atoms with Gasteiger partial charge < -0.3 is 11.1 Å². The van der Waals surface area contributed by atoms with Crippen LogP contribution in [0.25, 0.3) is 0 Å². The van der Waals surface area contributed by atoms with Crippen LogP contribution >= 0.6 is 11.8 Å². The van der Waals surface area contributed by atoms with Crippen molar-refractivity contribution in [2.75, 3.05) is 12.3 Å². The molecule has 0 saturated carbocycles. The monoisotopic (exact) mass is 258 g/mol. The molecule has 3 nitrogen and oxygen atoms in total. The SMILES string of the molecule is CC(C)(C)[C@@H](N)C(=O)NCCSC(F)(F)F. The van der Waals surface area contributed by atoms with Gasteiger partial charge in [0, 0.05) is 12.3 Å². The van der Waals surface area contributed by atoms with Crippen LogP contribution in [0.2, 0.25) is 0 Å². The van der Waals surface area contributed by atoms with Crippen LogP contribution in [0.3, 0.4) is 0 Å². The number of alkyl halides is 3. The van der Waals surface area contributed by atoms with E-state index in [1.54, 1.807) is 20.8 Å². The lowest BCUT2D eigenvalue weighted by Crippen LogP contribution is -2.49. The molecule has 0 aliphatic carbocycles. The van der Waals surface area contributed by atoms with Gasteiger partial charge in [0.2, 0.25) is 5.91 Å². The van der Waals surface area contributed by atoms with Crippen molar-refractivity contribution in [1.82, 2.24) is 5.32 Å². The highest BCUT2D eigenvalue weighted by atomic mass is 32.2. The van der Waals surface area contributed by atoms with Gasteiger partial charge in [-0.1, -0.05) is 20.8 Å². The zero-order valence-electron chi connectivity index (χ0n) is 9.52. The van der Waals surface area contributed by atoms with E-state index >= 15 is 0 Å². The van der Waals surface area contributed by atoms with Gasteiger partial charge in [-0.2, -0.15) is 13.2 Å². The second-order valence-corrected chi connectivity index (χ2v) is 5.59. The van der Waals surface area contributed by atoms with Gasteiger partial charge in [0.15, 0.2) is 0 Å². The highest BCUT2D eigenvalue weighted by molar-refractivity contribution is 8.00. The summed E-state index contributed by atoms with van der Waals surface area (Å²) in [4.78, 5) is 11.4. The fourth-order valence-electron chi connectivity index (χ4n) is 0.844. The molecule has 0 aromatic carbocycles. The van der Waals surface area contributed by atoms with Crippen molar-refractivity contribution in [2.45, 2.75) is 32.3 Å². The van der Waals surface area contributed by atoms with Crippen LogP contribution in [0.1, 0.15) is 20.8 Å². The van der Waals surface area contributed by atoms with Crippen LogP contribution in [0, 0.1) is 5.41 Å². The maximum Gasteiger partial charge on any atom is 0.441 e. The summed E-state index contributed by atoms with van der Waals surface area (Å²) in [6.07, 6.45) is 0. The minimum absolute atomic E-state index is 0.0349. The molecule has 0 aromatic heterocycles. The van der Waals surface area contributed by atoms with Crippen molar-refractivity contribution < 1.29 is 18.0 Å². The summed E-state index contributed by atoms with van der Waals surface area (Å²) >= 11 is -0.161. The van der Waals surface area contributed by atoms with Crippen molar-refractivity contribution >= 4 is 17.7 Å².